The predicted octanol–water partition coefficient (Wildman–Crippen LogP) is 4.17. The molecule has 19 heteroatoms. The highest BCUT2D eigenvalue weighted by Crippen LogP contribution is 2.44. The zero-order valence-electron chi connectivity index (χ0n) is 45.4. The number of nitrogens with zero attached hydrogens (tertiary/aromatic N) is 4. The van der Waals surface area contributed by atoms with Gasteiger partial charge < -0.3 is 68.9 Å². The summed E-state index contributed by atoms with van der Waals surface area (Å²) in [5.74, 6) is -3.19. The van der Waals surface area contributed by atoms with Gasteiger partial charge >= 0.3 is 12.1 Å². The third-order valence-electron chi connectivity index (χ3n) is 17.3. The number of nitrogens with one attached hydrogen (secondary N) is 1. The number of morpholine rings is 1. The lowest BCUT2D eigenvalue weighted by atomic mass is 9.69. The van der Waals surface area contributed by atoms with Crippen molar-refractivity contribution < 1.29 is 67.6 Å². The molecule has 7 rings (SSSR count). The molecule has 6 fully saturated rings. The molecule has 0 aromatic heterocycles. The lowest BCUT2D eigenvalue weighted by Crippen LogP contribution is -2.60. The van der Waals surface area contributed by atoms with Crippen molar-refractivity contribution in [2.24, 2.45) is 41.4 Å². The van der Waals surface area contributed by atoms with Gasteiger partial charge in [-0.3, -0.25) is 14.5 Å². The smallest absolute Gasteiger partial charge is 0.414 e. The largest absolute Gasteiger partial charge is 0.459 e. The quantitative estimate of drug-likeness (QED) is 0.197. The highest BCUT2D eigenvalue weighted by Gasteiger charge is 2.53. The second-order valence-corrected chi connectivity index (χ2v) is 23.7. The molecule has 5 N–H and O–H groups in total. The average Bonchev–Trinajstić information content (AvgIpc) is 3.99. The SMILES string of the molecule is C[C@H]1CC([C@H]2[C@H](C)[C@@H](O[C@@H]3O[C@H](C)C[C@H](N(C)CC4CC4C(=O)NC[C@H]4CN(c5ccc(N6CCOCC6)c(F)c5)C(=O)O4)[C@H]3O)[C@](C)(O)C[C@@H](C)CN(C)[C@H](C)[C@@H](O)[C@](C)(O)[C@@H](C)OC(=O)[C@@H]2C)O[C@@H](C)C1. The molecule has 3 unspecified atom stereocenters. The molecule has 414 valence electrons. The van der Waals surface area contributed by atoms with Crippen molar-refractivity contribution in [2.45, 2.75) is 180 Å². The summed E-state index contributed by atoms with van der Waals surface area (Å²) in [5, 5.41) is 51.3. The Kier molecular flexibility index (Phi) is 18.5. The number of aliphatic hydroxyl groups excluding tert-OH is 2. The lowest BCUT2D eigenvalue weighted by Gasteiger charge is -2.49. The number of cyclic esters (lactones) is 2. The molecule has 5 aliphatic heterocycles. The van der Waals surface area contributed by atoms with Gasteiger partial charge in [0.25, 0.3) is 0 Å². The molecule has 18 nitrogen and oxygen atoms in total. The van der Waals surface area contributed by atoms with Gasteiger partial charge in [0.15, 0.2) is 6.29 Å². The van der Waals surface area contributed by atoms with E-state index < -0.39 is 102 Å². The average molecular weight is 1030 g/mol. The minimum absolute atomic E-state index is 0.00648. The Labute approximate surface area is 432 Å². The highest BCUT2D eigenvalue weighted by molar-refractivity contribution is 5.90. The fraction of sp³-hybridized carbons (Fsp3) is 0.833. The zero-order valence-corrected chi connectivity index (χ0v) is 45.4. The minimum atomic E-state index is -1.78. The number of aliphatic hydroxyl groups is 4. The third-order valence-corrected chi connectivity index (χ3v) is 17.3. The second-order valence-electron chi connectivity index (χ2n) is 23.7. The van der Waals surface area contributed by atoms with Gasteiger partial charge in [0.1, 0.15) is 35.8 Å². The molecule has 0 bridgehead atoms. The first-order valence-electron chi connectivity index (χ1n) is 27.0. The number of rotatable bonds is 11. The van der Waals surface area contributed by atoms with E-state index in [1.54, 1.807) is 32.9 Å². The Hall–Kier alpha value is -3.24. The van der Waals surface area contributed by atoms with Crippen molar-refractivity contribution in [3.05, 3.63) is 24.0 Å². The number of halogens is 1. The summed E-state index contributed by atoms with van der Waals surface area (Å²) in [7, 11) is 3.77. The Balaban J connectivity index is 1.02. The molecule has 1 saturated carbocycles. The summed E-state index contributed by atoms with van der Waals surface area (Å²) in [6.07, 6.45) is -4.84. The van der Waals surface area contributed by atoms with Gasteiger partial charge in [0, 0.05) is 50.1 Å². The first-order valence-corrected chi connectivity index (χ1v) is 27.0. The lowest BCUT2D eigenvalue weighted by molar-refractivity contribution is -0.300. The number of hydrogen-bond donors (Lipinski definition) is 5. The summed E-state index contributed by atoms with van der Waals surface area (Å²) < 4.78 is 52.3. The van der Waals surface area contributed by atoms with Crippen LogP contribution in [0.2, 0.25) is 0 Å². The second kappa shape index (κ2) is 23.6. The van der Waals surface area contributed by atoms with Crippen LogP contribution in [-0.2, 0) is 38.0 Å². The summed E-state index contributed by atoms with van der Waals surface area (Å²) in [5.41, 5.74) is -2.48. The molecule has 20 atom stereocenters. The number of carbonyl (C=O) groups excluding carboxylic acids is 3. The topological polar surface area (TPSA) is 212 Å². The van der Waals surface area contributed by atoms with Crippen LogP contribution in [0, 0.1) is 47.2 Å². The van der Waals surface area contributed by atoms with Crippen LogP contribution in [0.3, 0.4) is 0 Å². The van der Waals surface area contributed by atoms with E-state index in [9.17, 15) is 34.8 Å². The summed E-state index contributed by atoms with van der Waals surface area (Å²) >= 11 is 0. The van der Waals surface area contributed by atoms with Crippen molar-refractivity contribution in [1.29, 1.82) is 0 Å². The molecule has 6 aliphatic rings. The summed E-state index contributed by atoms with van der Waals surface area (Å²) in [6.45, 7) is 21.9. The van der Waals surface area contributed by atoms with Crippen LogP contribution >= 0.6 is 0 Å². The molecule has 1 aromatic carbocycles. The number of likely N-dealkylation sites (N-methyl/N-ethyl adjacent to an activating group) is 2. The van der Waals surface area contributed by atoms with Gasteiger partial charge in [-0.15, -0.1) is 0 Å². The van der Waals surface area contributed by atoms with Gasteiger partial charge in [-0.05, 0) is 130 Å². The van der Waals surface area contributed by atoms with Crippen LogP contribution in [0.5, 0.6) is 0 Å². The molecular weight excluding hydrogens is 946 g/mol. The predicted molar refractivity (Wildman–Crippen MR) is 271 cm³/mol. The van der Waals surface area contributed by atoms with E-state index in [0.29, 0.717) is 70.0 Å². The number of anilines is 2. The monoisotopic (exact) mass is 1030 g/mol. The van der Waals surface area contributed by atoms with Crippen molar-refractivity contribution in [2.75, 3.05) is 76.4 Å². The van der Waals surface area contributed by atoms with Crippen LogP contribution in [0.1, 0.15) is 101 Å². The standard InChI is InChI=1S/C54H88FN5O13/c1-29-19-31(3)69-44(20-29)45-33(5)48(53(9,66)24-30(2)26-57(11)35(7)47(62)54(10,67)36(8)71-50(64)34(45)6)73-51-46(61)43(21-32(4)70-51)58(12)27-37-22-40(37)49(63)56-25-39-28-60(52(65)72-39)38-13-14-42(41(55)23-38)59-15-17-68-18-16-59/h13-14,23,29-37,39-40,43-48,51,61-62,66-67H,15-22,24-28H2,1-12H3,(H,56,63)/t29-,30-,31+,32-,33+,34-,35-,36-,37?,39+,40?,43+,44?,45+,46-,47-,48-,51+,53-,54-/m1/s1. The van der Waals surface area contributed by atoms with Crippen LogP contribution in [0.4, 0.5) is 20.6 Å². The normalized spacial score (nSPS) is 42.7. The molecule has 1 aliphatic carbocycles. The minimum Gasteiger partial charge on any atom is -0.459 e. The molecular formula is C54H88FN5O13. The Morgan fingerprint density at radius 1 is 0.918 bits per heavy atom. The summed E-state index contributed by atoms with van der Waals surface area (Å²) in [4.78, 5) is 48.0. The van der Waals surface area contributed by atoms with Gasteiger partial charge in [-0.2, -0.15) is 0 Å². The van der Waals surface area contributed by atoms with Crippen LogP contribution in [-0.4, -0.2) is 193 Å². The van der Waals surface area contributed by atoms with E-state index in [2.05, 4.69) is 17.1 Å². The Morgan fingerprint density at radius 2 is 1.60 bits per heavy atom. The van der Waals surface area contributed by atoms with E-state index >= 15 is 4.39 Å². The molecule has 0 radical (unpaired) electrons. The van der Waals surface area contributed by atoms with Crippen LogP contribution in [0.15, 0.2) is 18.2 Å². The maximum Gasteiger partial charge on any atom is 0.414 e. The van der Waals surface area contributed by atoms with E-state index in [1.807, 2.05) is 58.5 Å². The van der Waals surface area contributed by atoms with Gasteiger partial charge in [0.2, 0.25) is 5.91 Å². The van der Waals surface area contributed by atoms with Crippen molar-refractivity contribution >= 4 is 29.3 Å². The highest BCUT2D eigenvalue weighted by atomic mass is 19.1. The van der Waals surface area contributed by atoms with Crippen LogP contribution < -0.4 is 15.1 Å². The number of carbonyl (C=O) groups is 3. The molecule has 0 spiro atoms. The number of benzene rings is 1. The number of ether oxygens (including phenoxy) is 6. The molecule has 5 saturated heterocycles. The van der Waals surface area contributed by atoms with Crippen LogP contribution in [0.25, 0.3) is 0 Å². The van der Waals surface area contributed by atoms with E-state index in [4.69, 9.17) is 28.4 Å². The van der Waals surface area contributed by atoms with E-state index in [-0.39, 0.29) is 61.3 Å². The van der Waals surface area contributed by atoms with Crippen molar-refractivity contribution in [3.8, 4) is 0 Å². The Morgan fingerprint density at radius 3 is 2.27 bits per heavy atom. The number of esters is 1. The van der Waals surface area contributed by atoms with Gasteiger partial charge in [-0.25, -0.2) is 9.18 Å². The first-order chi connectivity index (χ1) is 34.3. The van der Waals surface area contributed by atoms with E-state index in [1.165, 1.54) is 17.9 Å². The molecule has 5 heterocycles. The van der Waals surface area contributed by atoms with Crippen molar-refractivity contribution in [1.82, 2.24) is 15.1 Å². The zero-order chi connectivity index (χ0) is 53.4. The number of hydrogen-bond acceptors (Lipinski definition) is 16. The maximum absolute atomic E-state index is 15.2. The van der Waals surface area contributed by atoms with Gasteiger partial charge in [0.05, 0.1) is 73.6 Å². The van der Waals surface area contributed by atoms with Gasteiger partial charge in [-0.1, -0.05) is 27.7 Å². The summed E-state index contributed by atoms with van der Waals surface area (Å²) in [6, 6.07) is 3.73. The third kappa shape index (κ3) is 13.3. The fourth-order valence-corrected chi connectivity index (χ4v) is 12.9. The maximum atomic E-state index is 15.2. The molecule has 2 amide bonds. The van der Waals surface area contributed by atoms with Crippen molar-refractivity contribution in [3.63, 3.8) is 0 Å². The molecule has 1 aromatic rings. The first kappa shape index (κ1) is 57.5. The Bertz CT molecular complexity index is 2040. The fourth-order valence-electron chi connectivity index (χ4n) is 12.9. The number of amides is 2. The molecule has 73 heavy (non-hydrogen) atoms. The van der Waals surface area contributed by atoms with E-state index in [0.717, 1.165) is 6.42 Å².